The number of aryl methyl sites for hydroxylation is 1. The number of amides is 2. The van der Waals surface area contributed by atoms with Gasteiger partial charge in [0, 0.05) is 9.80 Å². The van der Waals surface area contributed by atoms with Gasteiger partial charge in [0.1, 0.15) is 16.2 Å². The lowest BCUT2D eigenvalue weighted by Gasteiger charge is -2.15. The van der Waals surface area contributed by atoms with Gasteiger partial charge < -0.3 is 4.74 Å². The number of nitrogens with zero attached hydrogens (tertiary/aromatic N) is 1. The number of ether oxygens (including phenoxy) is 1. The van der Waals surface area contributed by atoms with E-state index in [9.17, 15) is 9.59 Å². The minimum absolute atomic E-state index is 0.199. The molecule has 2 unspecified atom stereocenters. The Hall–Kier alpha value is -2.70. The molecular formula is C27H29NO3S2. The van der Waals surface area contributed by atoms with Crippen LogP contribution in [0.3, 0.4) is 0 Å². The number of allylic oxidation sites excluding steroid dienone is 5. The SMILES string of the molecule is C/C=C\C(=C/C=C(C)C)SC1C(=O)N(c2ccc(OC)cc2)C(=O)C1Sc1ccc(C)cc1. The molecule has 1 aliphatic rings. The van der Waals surface area contributed by atoms with Crippen LogP contribution in [0.25, 0.3) is 0 Å². The molecule has 0 spiro atoms. The van der Waals surface area contributed by atoms with Crippen molar-refractivity contribution in [1.82, 2.24) is 0 Å². The van der Waals surface area contributed by atoms with Gasteiger partial charge in [0.05, 0.1) is 12.8 Å². The van der Waals surface area contributed by atoms with Crippen LogP contribution in [-0.4, -0.2) is 29.4 Å². The van der Waals surface area contributed by atoms with Crippen molar-refractivity contribution in [3.63, 3.8) is 0 Å². The van der Waals surface area contributed by atoms with Crippen LogP contribution in [0.15, 0.2) is 88.2 Å². The van der Waals surface area contributed by atoms with Crippen LogP contribution >= 0.6 is 23.5 Å². The van der Waals surface area contributed by atoms with Gasteiger partial charge >= 0.3 is 0 Å². The van der Waals surface area contributed by atoms with Crippen LogP contribution in [0.4, 0.5) is 5.69 Å². The van der Waals surface area contributed by atoms with Crippen molar-refractivity contribution in [3.8, 4) is 5.75 Å². The largest absolute Gasteiger partial charge is 0.497 e. The minimum Gasteiger partial charge on any atom is -0.497 e. The molecule has 2 atom stereocenters. The van der Waals surface area contributed by atoms with Gasteiger partial charge in [-0.05, 0) is 70.2 Å². The normalized spacial score (nSPS) is 18.8. The zero-order chi connectivity index (χ0) is 24.0. The second-order valence-electron chi connectivity index (χ2n) is 7.91. The zero-order valence-electron chi connectivity index (χ0n) is 19.6. The van der Waals surface area contributed by atoms with Crippen molar-refractivity contribution < 1.29 is 14.3 Å². The number of carbonyl (C=O) groups is 2. The summed E-state index contributed by atoms with van der Waals surface area (Å²) < 4.78 is 5.22. The van der Waals surface area contributed by atoms with Gasteiger partial charge in [-0.2, -0.15) is 0 Å². The number of thioether (sulfide) groups is 2. The van der Waals surface area contributed by atoms with Gasteiger partial charge in [0.2, 0.25) is 11.8 Å². The lowest BCUT2D eigenvalue weighted by atomic mass is 10.2. The number of hydrogen-bond acceptors (Lipinski definition) is 5. The highest BCUT2D eigenvalue weighted by Gasteiger charge is 2.49. The smallest absolute Gasteiger partial charge is 0.248 e. The summed E-state index contributed by atoms with van der Waals surface area (Å²) in [5.74, 6) is 0.275. The molecule has 6 heteroatoms. The van der Waals surface area contributed by atoms with Crippen molar-refractivity contribution >= 4 is 41.0 Å². The molecule has 1 fully saturated rings. The second kappa shape index (κ2) is 11.4. The number of benzene rings is 2. The van der Waals surface area contributed by atoms with Crippen LogP contribution < -0.4 is 9.64 Å². The monoisotopic (exact) mass is 479 g/mol. The molecule has 2 aromatic carbocycles. The highest BCUT2D eigenvalue weighted by Crippen LogP contribution is 2.42. The predicted octanol–water partition coefficient (Wildman–Crippen LogP) is 6.57. The van der Waals surface area contributed by atoms with E-state index in [4.69, 9.17) is 4.74 Å². The maximum atomic E-state index is 13.6. The standard InChI is InChI=1S/C27H29NO3S2/c1-6-7-22(15-8-18(2)3)32-24-25(33-23-16-9-19(4)10-17-23)27(30)28(26(24)29)20-11-13-21(31-5)14-12-20/h6-17,24-25H,1-5H3/b7-6-,22-15+. The fraction of sp³-hybridized carbons (Fsp3) is 0.259. The molecule has 33 heavy (non-hydrogen) atoms. The van der Waals surface area contributed by atoms with E-state index in [0.29, 0.717) is 11.4 Å². The van der Waals surface area contributed by atoms with Crippen molar-refractivity contribution in [2.75, 3.05) is 12.0 Å². The van der Waals surface area contributed by atoms with Gasteiger partial charge in [-0.1, -0.05) is 41.5 Å². The second-order valence-corrected chi connectivity index (χ2v) is 10.3. The molecule has 172 valence electrons. The summed E-state index contributed by atoms with van der Waals surface area (Å²) in [6.07, 6.45) is 7.95. The molecule has 0 N–H and O–H groups in total. The molecule has 2 aromatic rings. The van der Waals surface area contributed by atoms with E-state index in [1.807, 2.05) is 76.3 Å². The van der Waals surface area contributed by atoms with Gasteiger partial charge in [-0.25, -0.2) is 4.90 Å². The van der Waals surface area contributed by atoms with Crippen LogP contribution in [0, 0.1) is 6.92 Å². The van der Waals surface area contributed by atoms with Crippen molar-refractivity contribution in [1.29, 1.82) is 0 Å². The van der Waals surface area contributed by atoms with Gasteiger partial charge in [0.25, 0.3) is 0 Å². The van der Waals surface area contributed by atoms with E-state index < -0.39 is 10.5 Å². The molecule has 4 nitrogen and oxygen atoms in total. The summed E-state index contributed by atoms with van der Waals surface area (Å²) >= 11 is 2.89. The Labute approximate surface area is 204 Å². The van der Waals surface area contributed by atoms with Crippen molar-refractivity contribution in [2.45, 2.75) is 43.1 Å². The number of hydrogen-bond donors (Lipinski definition) is 0. The Bertz CT molecular complexity index is 1080. The van der Waals surface area contributed by atoms with Gasteiger partial charge in [0.15, 0.2) is 0 Å². The summed E-state index contributed by atoms with van der Waals surface area (Å²) in [5, 5.41) is -1.08. The first-order valence-electron chi connectivity index (χ1n) is 10.7. The summed E-state index contributed by atoms with van der Waals surface area (Å²) in [6, 6.07) is 15.1. The van der Waals surface area contributed by atoms with Crippen LogP contribution in [0.5, 0.6) is 5.75 Å². The van der Waals surface area contributed by atoms with Gasteiger partial charge in [-0.3, -0.25) is 9.59 Å². The number of imide groups is 1. The third-order valence-corrected chi connectivity index (χ3v) is 7.71. The fourth-order valence-corrected chi connectivity index (χ4v) is 5.76. The first-order valence-corrected chi connectivity index (χ1v) is 12.5. The zero-order valence-corrected chi connectivity index (χ0v) is 21.2. The maximum Gasteiger partial charge on any atom is 0.248 e. The molecule has 0 bridgehead atoms. The summed E-state index contributed by atoms with van der Waals surface area (Å²) in [6.45, 7) is 8.03. The molecule has 0 aromatic heterocycles. The Morgan fingerprint density at radius 2 is 1.58 bits per heavy atom. The highest BCUT2D eigenvalue weighted by atomic mass is 32.2. The molecule has 0 aliphatic carbocycles. The van der Waals surface area contributed by atoms with Gasteiger partial charge in [-0.15, -0.1) is 23.5 Å². The van der Waals surface area contributed by atoms with Crippen molar-refractivity contribution in [3.05, 3.63) is 88.9 Å². The molecule has 3 rings (SSSR count). The molecule has 1 heterocycles. The summed E-state index contributed by atoms with van der Waals surface area (Å²) in [4.78, 5) is 30.3. The molecule has 0 saturated carbocycles. The van der Waals surface area contributed by atoms with E-state index in [0.717, 1.165) is 20.9 Å². The molecule has 1 aliphatic heterocycles. The number of rotatable bonds is 8. The van der Waals surface area contributed by atoms with E-state index in [1.54, 1.807) is 31.4 Å². The Balaban J connectivity index is 1.98. The van der Waals surface area contributed by atoms with Crippen LogP contribution in [0.1, 0.15) is 26.3 Å². The summed E-state index contributed by atoms with van der Waals surface area (Å²) in [5.41, 5.74) is 2.88. The lowest BCUT2D eigenvalue weighted by Crippen LogP contribution is -2.31. The van der Waals surface area contributed by atoms with E-state index in [-0.39, 0.29) is 11.8 Å². The summed E-state index contributed by atoms with van der Waals surface area (Å²) in [7, 11) is 1.59. The Kier molecular flexibility index (Phi) is 8.64. The quantitative estimate of drug-likeness (QED) is 0.317. The number of carbonyl (C=O) groups excluding carboxylic acids is 2. The van der Waals surface area contributed by atoms with E-state index >= 15 is 0 Å². The molecular weight excluding hydrogens is 450 g/mol. The minimum atomic E-state index is -0.543. The van der Waals surface area contributed by atoms with Crippen molar-refractivity contribution in [2.24, 2.45) is 0 Å². The van der Waals surface area contributed by atoms with E-state index in [2.05, 4.69) is 0 Å². The number of methoxy groups -OCH3 is 1. The highest BCUT2D eigenvalue weighted by molar-refractivity contribution is 8.07. The molecule has 0 radical (unpaired) electrons. The van der Waals surface area contributed by atoms with Crippen LogP contribution in [0.2, 0.25) is 0 Å². The first kappa shape index (κ1) is 24.9. The van der Waals surface area contributed by atoms with Crippen LogP contribution in [-0.2, 0) is 9.59 Å². The maximum absolute atomic E-state index is 13.6. The van der Waals surface area contributed by atoms with E-state index in [1.165, 1.54) is 28.4 Å². The lowest BCUT2D eigenvalue weighted by molar-refractivity contribution is -0.121. The third-order valence-electron chi connectivity index (χ3n) is 4.99. The Morgan fingerprint density at radius 1 is 0.939 bits per heavy atom. The molecule has 2 amide bonds. The average Bonchev–Trinajstić information content (AvgIpc) is 3.03. The first-order chi connectivity index (χ1) is 15.8. The third kappa shape index (κ3) is 6.21. The fourth-order valence-electron chi connectivity index (χ4n) is 3.29. The Morgan fingerprint density at radius 3 is 2.15 bits per heavy atom. The average molecular weight is 480 g/mol. The number of anilines is 1. The predicted molar refractivity (Wildman–Crippen MR) is 140 cm³/mol. The topological polar surface area (TPSA) is 46.6 Å². The molecule has 1 saturated heterocycles.